The van der Waals surface area contributed by atoms with Gasteiger partial charge in [-0.15, -0.1) is 0 Å². The largest absolute Gasteiger partial charge is 0.493 e. The SMILES string of the molecule is COc1ccc(C(CNc2oc(-c3ccccc3[N+](=O)[O-])nc2C#N)N2CCCCC2)cc1OC. The number of nitriles is 1. The van der Waals surface area contributed by atoms with Crippen molar-refractivity contribution >= 4 is 11.6 Å². The fourth-order valence-electron chi connectivity index (χ4n) is 4.38. The molecule has 1 saturated heterocycles. The van der Waals surface area contributed by atoms with Crippen molar-refractivity contribution in [3.63, 3.8) is 0 Å². The molecular weight excluding hydrogens is 450 g/mol. The molecule has 1 unspecified atom stereocenters. The lowest BCUT2D eigenvalue weighted by molar-refractivity contribution is -0.384. The molecule has 35 heavy (non-hydrogen) atoms. The van der Waals surface area contributed by atoms with Crippen molar-refractivity contribution in [3.05, 3.63) is 63.8 Å². The van der Waals surface area contributed by atoms with E-state index in [1.54, 1.807) is 32.4 Å². The summed E-state index contributed by atoms with van der Waals surface area (Å²) in [6.45, 7) is 2.34. The van der Waals surface area contributed by atoms with Crippen LogP contribution in [0.5, 0.6) is 11.5 Å². The molecule has 10 heteroatoms. The Balaban J connectivity index is 1.63. The molecule has 1 N–H and O–H groups in total. The summed E-state index contributed by atoms with van der Waals surface area (Å²) < 4.78 is 16.7. The van der Waals surface area contributed by atoms with Crippen LogP contribution in [-0.4, -0.2) is 48.7 Å². The Morgan fingerprint density at radius 2 is 1.91 bits per heavy atom. The predicted molar refractivity (Wildman–Crippen MR) is 130 cm³/mol. The zero-order valence-corrected chi connectivity index (χ0v) is 19.7. The third-order valence-electron chi connectivity index (χ3n) is 6.14. The molecule has 10 nitrogen and oxygen atoms in total. The van der Waals surface area contributed by atoms with Gasteiger partial charge in [0.15, 0.2) is 11.5 Å². The molecule has 1 aromatic heterocycles. The fourth-order valence-corrected chi connectivity index (χ4v) is 4.38. The smallest absolute Gasteiger partial charge is 0.282 e. The third-order valence-corrected chi connectivity index (χ3v) is 6.14. The number of likely N-dealkylation sites (tertiary alicyclic amines) is 1. The molecule has 0 saturated carbocycles. The number of anilines is 1. The van der Waals surface area contributed by atoms with Crippen LogP contribution in [-0.2, 0) is 0 Å². The van der Waals surface area contributed by atoms with Crippen molar-refractivity contribution in [3.8, 4) is 29.0 Å². The van der Waals surface area contributed by atoms with Crippen molar-refractivity contribution in [2.75, 3.05) is 39.2 Å². The number of para-hydroxylation sites is 1. The van der Waals surface area contributed by atoms with E-state index in [2.05, 4.69) is 15.2 Å². The summed E-state index contributed by atoms with van der Waals surface area (Å²) in [5, 5.41) is 24.3. The van der Waals surface area contributed by atoms with Crippen LogP contribution in [0.25, 0.3) is 11.5 Å². The normalized spacial score (nSPS) is 14.7. The Hall–Kier alpha value is -4.10. The lowest BCUT2D eigenvalue weighted by atomic mass is 10.0. The van der Waals surface area contributed by atoms with E-state index in [1.807, 2.05) is 24.3 Å². The highest BCUT2D eigenvalue weighted by Gasteiger charge is 2.26. The van der Waals surface area contributed by atoms with E-state index in [1.165, 1.54) is 12.5 Å². The number of methoxy groups -OCH3 is 2. The molecule has 1 aliphatic rings. The van der Waals surface area contributed by atoms with E-state index in [4.69, 9.17) is 13.9 Å². The average Bonchev–Trinajstić information content (AvgIpc) is 3.32. The van der Waals surface area contributed by atoms with E-state index in [0.717, 1.165) is 31.5 Å². The number of nitrogens with one attached hydrogen (secondary N) is 1. The van der Waals surface area contributed by atoms with Crippen LogP contribution in [0, 0.1) is 21.4 Å². The van der Waals surface area contributed by atoms with Gasteiger partial charge in [0.2, 0.25) is 17.5 Å². The maximum Gasteiger partial charge on any atom is 0.282 e. The van der Waals surface area contributed by atoms with Crippen LogP contribution in [0.1, 0.15) is 36.6 Å². The Kier molecular flexibility index (Phi) is 7.48. The first kappa shape index (κ1) is 24.0. The molecule has 3 aromatic rings. The van der Waals surface area contributed by atoms with Gasteiger partial charge in [0.25, 0.3) is 5.69 Å². The van der Waals surface area contributed by atoms with Gasteiger partial charge in [-0.3, -0.25) is 15.0 Å². The highest BCUT2D eigenvalue weighted by atomic mass is 16.6. The van der Waals surface area contributed by atoms with Crippen LogP contribution in [0.15, 0.2) is 46.9 Å². The monoisotopic (exact) mass is 477 g/mol. The quantitative estimate of drug-likeness (QED) is 0.342. The van der Waals surface area contributed by atoms with Gasteiger partial charge in [0.1, 0.15) is 11.6 Å². The highest BCUT2D eigenvalue weighted by Crippen LogP contribution is 2.35. The number of aromatic nitrogens is 1. The van der Waals surface area contributed by atoms with Crippen molar-refractivity contribution in [1.82, 2.24) is 9.88 Å². The van der Waals surface area contributed by atoms with Gasteiger partial charge in [-0.2, -0.15) is 10.2 Å². The van der Waals surface area contributed by atoms with Crippen LogP contribution < -0.4 is 14.8 Å². The summed E-state index contributed by atoms with van der Waals surface area (Å²) >= 11 is 0. The molecular formula is C25H27N5O5. The van der Waals surface area contributed by atoms with E-state index in [0.29, 0.717) is 18.0 Å². The number of hydrogen-bond acceptors (Lipinski definition) is 9. The molecule has 0 amide bonds. The molecule has 0 spiro atoms. The number of nitro benzene ring substituents is 1. The second kappa shape index (κ2) is 10.9. The predicted octanol–water partition coefficient (Wildman–Crippen LogP) is 4.78. The molecule has 0 aliphatic carbocycles. The Labute approximate surface area is 203 Å². The summed E-state index contributed by atoms with van der Waals surface area (Å²) in [4.78, 5) is 17.5. The Bertz CT molecular complexity index is 1230. The molecule has 0 bridgehead atoms. The zero-order chi connectivity index (χ0) is 24.8. The minimum absolute atomic E-state index is 0.0250. The Morgan fingerprint density at radius 1 is 1.17 bits per heavy atom. The van der Waals surface area contributed by atoms with Gasteiger partial charge >= 0.3 is 0 Å². The second-order valence-electron chi connectivity index (χ2n) is 8.19. The first-order valence-electron chi connectivity index (χ1n) is 11.4. The molecule has 2 heterocycles. The van der Waals surface area contributed by atoms with Gasteiger partial charge in [0.05, 0.1) is 25.2 Å². The van der Waals surface area contributed by atoms with Crippen molar-refractivity contribution < 1.29 is 18.8 Å². The number of piperidine rings is 1. The summed E-state index contributed by atoms with van der Waals surface area (Å²) in [5.41, 5.74) is 1.16. The lowest BCUT2D eigenvalue weighted by Crippen LogP contribution is -2.37. The van der Waals surface area contributed by atoms with Crippen LogP contribution in [0.3, 0.4) is 0 Å². The summed E-state index contributed by atoms with van der Waals surface area (Å²) in [5.74, 6) is 1.50. The summed E-state index contributed by atoms with van der Waals surface area (Å²) in [6.07, 6.45) is 3.41. The van der Waals surface area contributed by atoms with Crippen LogP contribution in [0.2, 0.25) is 0 Å². The second-order valence-corrected chi connectivity index (χ2v) is 8.19. The highest BCUT2D eigenvalue weighted by molar-refractivity contribution is 5.68. The number of nitro groups is 1. The number of benzene rings is 2. The molecule has 1 aliphatic heterocycles. The topological polar surface area (TPSA) is 127 Å². The van der Waals surface area contributed by atoms with Crippen molar-refractivity contribution in [1.29, 1.82) is 5.26 Å². The van der Waals surface area contributed by atoms with E-state index in [9.17, 15) is 15.4 Å². The van der Waals surface area contributed by atoms with Crippen molar-refractivity contribution in [2.24, 2.45) is 0 Å². The zero-order valence-electron chi connectivity index (χ0n) is 19.7. The van der Waals surface area contributed by atoms with E-state index >= 15 is 0 Å². The lowest BCUT2D eigenvalue weighted by Gasteiger charge is -2.35. The van der Waals surface area contributed by atoms with E-state index < -0.39 is 4.92 Å². The maximum absolute atomic E-state index is 11.4. The number of rotatable bonds is 9. The summed E-state index contributed by atoms with van der Waals surface area (Å²) in [6, 6.07) is 14.0. The average molecular weight is 478 g/mol. The maximum atomic E-state index is 11.4. The van der Waals surface area contributed by atoms with Gasteiger partial charge in [-0.1, -0.05) is 24.6 Å². The molecule has 1 fully saturated rings. The van der Waals surface area contributed by atoms with Gasteiger partial charge in [0, 0.05) is 12.6 Å². The fraction of sp³-hybridized carbons (Fsp3) is 0.360. The Morgan fingerprint density at radius 3 is 2.60 bits per heavy atom. The molecule has 0 radical (unpaired) electrons. The van der Waals surface area contributed by atoms with Crippen LogP contribution in [0.4, 0.5) is 11.6 Å². The van der Waals surface area contributed by atoms with Gasteiger partial charge < -0.3 is 19.2 Å². The molecule has 2 aromatic carbocycles. The number of nitrogens with zero attached hydrogens (tertiary/aromatic N) is 4. The number of oxazole rings is 1. The molecule has 1 atom stereocenters. The summed E-state index contributed by atoms with van der Waals surface area (Å²) in [7, 11) is 3.21. The minimum Gasteiger partial charge on any atom is -0.493 e. The third kappa shape index (κ3) is 5.20. The first-order chi connectivity index (χ1) is 17.0. The number of hydrogen-bond donors (Lipinski definition) is 1. The van der Waals surface area contributed by atoms with E-state index in [-0.39, 0.29) is 34.8 Å². The van der Waals surface area contributed by atoms with Gasteiger partial charge in [-0.05, 0) is 49.7 Å². The van der Waals surface area contributed by atoms with Gasteiger partial charge in [-0.25, -0.2) is 0 Å². The molecule has 4 rings (SSSR count). The first-order valence-corrected chi connectivity index (χ1v) is 11.4. The number of ether oxygens (including phenoxy) is 2. The van der Waals surface area contributed by atoms with Crippen molar-refractivity contribution in [2.45, 2.75) is 25.3 Å². The molecule has 182 valence electrons. The minimum atomic E-state index is -0.498. The van der Waals surface area contributed by atoms with Crippen LogP contribution >= 0.6 is 0 Å². The standard InChI is InChI=1S/C25H27N5O5/c1-33-22-11-10-17(14-23(22)34-2)21(29-12-6-3-7-13-29)16-27-25-19(15-26)28-24(35-25)18-8-4-5-9-20(18)30(31)32/h4-5,8-11,14,21,27H,3,6-7,12-13,16H2,1-2H3.